The van der Waals surface area contributed by atoms with Crippen molar-refractivity contribution in [1.82, 2.24) is 5.01 Å². The number of anilines is 1. The van der Waals surface area contributed by atoms with Crippen molar-refractivity contribution in [2.45, 2.75) is 0 Å². The van der Waals surface area contributed by atoms with Crippen LogP contribution in [0.25, 0.3) is 0 Å². The fourth-order valence-corrected chi connectivity index (χ4v) is 2.94. The average Bonchev–Trinajstić information content (AvgIpc) is 2.74. The van der Waals surface area contributed by atoms with Crippen molar-refractivity contribution in [2.24, 2.45) is 10.1 Å². The van der Waals surface area contributed by atoms with Crippen molar-refractivity contribution in [1.29, 1.82) is 0 Å². The number of carbonyl (C=O) groups is 1. The van der Waals surface area contributed by atoms with Gasteiger partial charge in [0.25, 0.3) is 5.91 Å². The molecular formula is C18H16N4O. The molecule has 2 aliphatic heterocycles. The summed E-state index contributed by atoms with van der Waals surface area (Å²) in [6, 6.07) is 18.2. The van der Waals surface area contributed by atoms with Gasteiger partial charge in [0.1, 0.15) is 6.54 Å². The van der Waals surface area contributed by atoms with Crippen molar-refractivity contribution in [3.8, 4) is 0 Å². The molecule has 0 N–H and O–H groups in total. The molecule has 0 radical (unpaired) electrons. The lowest BCUT2D eigenvalue weighted by molar-refractivity contribution is -0.128. The van der Waals surface area contributed by atoms with E-state index in [1.54, 1.807) is 7.05 Å². The minimum absolute atomic E-state index is 0.0216. The molecule has 5 nitrogen and oxygen atoms in total. The molecule has 2 aromatic carbocycles. The number of hydrogen-bond acceptors (Lipinski definition) is 4. The van der Waals surface area contributed by atoms with E-state index in [0.717, 1.165) is 28.4 Å². The van der Waals surface area contributed by atoms with E-state index in [2.05, 4.69) is 17.2 Å². The maximum absolute atomic E-state index is 12.1. The second-order valence-corrected chi connectivity index (χ2v) is 5.57. The van der Waals surface area contributed by atoms with E-state index in [1.165, 1.54) is 5.01 Å². The van der Waals surface area contributed by atoms with Gasteiger partial charge in [0.15, 0.2) is 5.84 Å². The first kappa shape index (κ1) is 13.7. The van der Waals surface area contributed by atoms with Gasteiger partial charge in [0.2, 0.25) is 0 Å². The summed E-state index contributed by atoms with van der Waals surface area (Å²) in [4.78, 5) is 18.8. The number of hydrazone groups is 1. The normalized spacial score (nSPS) is 17.0. The van der Waals surface area contributed by atoms with E-state index in [-0.39, 0.29) is 5.91 Å². The average molecular weight is 304 g/mol. The number of hydrogen-bond donors (Lipinski definition) is 0. The molecule has 2 aromatic rings. The molecule has 23 heavy (non-hydrogen) atoms. The molecule has 0 unspecified atom stereocenters. The molecule has 1 amide bonds. The summed E-state index contributed by atoms with van der Waals surface area (Å²) in [6.07, 6.45) is 0. The highest BCUT2D eigenvalue weighted by atomic mass is 16.2. The van der Waals surface area contributed by atoms with Crippen LogP contribution in [0.2, 0.25) is 0 Å². The van der Waals surface area contributed by atoms with Gasteiger partial charge in [-0.3, -0.25) is 9.79 Å². The van der Waals surface area contributed by atoms with E-state index in [1.807, 2.05) is 47.4 Å². The summed E-state index contributed by atoms with van der Waals surface area (Å²) < 4.78 is 0. The van der Waals surface area contributed by atoms with Crippen LogP contribution in [0.3, 0.4) is 0 Å². The number of amides is 1. The lowest BCUT2D eigenvalue weighted by Gasteiger charge is -2.31. The second kappa shape index (κ2) is 5.35. The Morgan fingerprint density at radius 2 is 1.74 bits per heavy atom. The molecule has 0 aliphatic carbocycles. The zero-order valence-corrected chi connectivity index (χ0v) is 12.8. The smallest absolute Gasteiger partial charge is 0.262 e. The molecule has 0 saturated carbocycles. The lowest BCUT2D eigenvalue weighted by atomic mass is 10.0. The van der Waals surface area contributed by atoms with Gasteiger partial charge < -0.3 is 4.90 Å². The van der Waals surface area contributed by atoms with Crippen molar-refractivity contribution in [2.75, 3.05) is 25.0 Å². The number of para-hydroxylation sites is 1. The first-order valence-corrected chi connectivity index (χ1v) is 7.55. The summed E-state index contributed by atoms with van der Waals surface area (Å²) in [5, 5.41) is 5.79. The van der Waals surface area contributed by atoms with Crippen LogP contribution in [0.5, 0.6) is 0 Å². The van der Waals surface area contributed by atoms with Crippen molar-refractivity contribution < 1.29 is 4.79 Å². The van der Waals surface area contributed by atoms with Gasteiger partial charge in [0.05, 0.1) is 17.9 Å². The summed E-state index contributed by atoms with van der Waals surface area (Å²) in [6.45, 7) is 0.750. The van der Waals surface area contributed by atoms with E-state index >= 15 is 0 Å². The first-order valence-electron chi connectivity index (χ1n) is 7.55. The van der Waals surface area contributed by atoms with Crippen LogP contribution in [-0.2, 0) is 4.79 Å². The largest absolute Gasteiger partial charge is 0.317 e. The number of nitrogens with zero attached hydrogens (tertiary/aromatic N) is 4. The third-order valence-corrected chi connectivity index (χ3v) is 4.11. The molecule has 2 aliphatic rings. The standard InChI is InChI=1S/C18H16N4O/c1-21-17(23)12-22-15-10-6-5-9-14(15)18(19-11-16(22)20-21)13-7-3-2-4-8-13/h2-10H,11-12H2,1H3. The van der Waals surface area contributed by atoms with Gasteiger partial charge in [-0.25, -0.2) is 5.01 Å². The zero-order chi connectivity index (χ0) is 15.8. The number of aliphatic imine (C=N–C) groups is 1. The van der Waals surface area contributed by atoms with E-state index in [0.29, 0.717) is 13.1 Å². The van der Waals surface area contributed by atoms with Crippen molar-refractivity contribution >= 4 is 23.1 Å². The highest BCUT2D eigenvalue weighted by Gasteiger charge is 2.30. The number of amidine groups is 1. The van der Waals surface area contributed by atoms with E-state index < -0.39 is 0 Å². The van der Waals surface area contributed by atoms with Crippen LogP contribution in [-0.4, -0.2) is 42.6 Å². The van der Waals surface area contributed by atoms with Gasteiger partial charge in [-0.05, 0) is 6.07 Å². The number of fused-ring (bicyclic) bond motifs is 3. The molecule has 2 heterocycles. The van der Waals surface area contributed by atoms with Gasteiger partial charge in [-0.15, -0.1) is 0 Å². The minimum atomic E-state index is -0.0216. The molecule has 0 spiro atoms. The van der Waals surface area contributed by atoms with Gasteiger partial charge in [0, 0.05) is 18.2 Å². The Morgan fingerprint density at radius 3 is 2.57 bits per heavy atom. The minimum Gasteiger partial charge on any atom is -0.317 e. The van der Waals surface area contributed by atoms with Crippen molar-refractivity contribution in [3.05, 3.63) is 65.7 Å². The van der Waals surface area contributed by atoms with Crippen LogP contribution >= 0.6 is 0 Å². The van der Waals surface area contributed by atoms with Gasteiger partial charge >= 0.3 is 0 Å². The number of benzene rings is 2. The molecule has 0 aromatic heterocycles. The molecule has 0 bridgehead atoms. The maximum atomic E-state index is 12.1. The van der Waals surface area contributed by atoms with Gasteiger partial charge in [-0.2, -0.15) is 5.10 Å². The Balaban J connectivity index is 1.90. The van der Waals surface area contributed by atoms with Crippen LogP contribution < -0.4 is 4.90 Å². The number of rotatable bonds is 1. The Bertz CT molecular complexity index is 826. The molecule has 0 fully saturated rings. The highest BCUT2D eigenvalue weighted by Crippen LogP contribution is 2.28. The molecular weight excluding hydrogens is 288 g/mol. The zero-order valence-electron chi connectivity index (χ0n) is 12.8. The predicted molar refractivity (Wildman–Crippen MR) is 90.9 cm³/mol. The third-order valence-electron chi connectivity index (χ3n) is 4.11. The summed E-state index contributed by atoms with van der Waals surface area (Å²) in [5.74, 6) is 0.775. The third kappa shape index (κ3) is 2.30. The predicted octanol–water partition coefficient (Wildman–Crippen LogP) is 2.13. The fraction of sp³-hybridized carbons (Fsp3) is 0.167. The van der Waals surface area contributed by atoms with Crippen LogP contribution in [0, 0.1) is 0 Å². The SMILES string of the molecule is CN1N=C2CN=C(c3ccccc3)c3ccccc3N2CC1=O. The summed E-state index contributed by atoms with van der Waals surface area (Å²) >= 11 is 0. The molecule has 5 heteroatoms. The maximum Gasteiger partial charge on any atom is 0.262 e. The highest BCUT2D eigenvalue weighted by molar-refractivity contribution is 6.21. The fourth-order valence-electron chi connectivity index (χ4n) is 2.94. The van der Waals surface area contributed by atoms with Crippen LogP contribution in [0.15, 0.2) is 64.7 Å². The number of likely N-dealkylation sites (N-methyl/N-ethyl adjacent to an activating group) is 1. The lowest BCUT2D eigenvalue weighted by Crippen LogP contribution is -2.47. The summed E-state index contributed by atoms with van der Waals surface area (Å²) in [7, 11) is 1.69. The molecule has 4 rings (SSSR count). The molecule has 114 valence electrons. The Hall–Kier alpha value is -2.95. The van der Waals surface area contributed by atoms with Crippen LogP contribution in [0.1, 0.15) is 11.1 Å². The van der Waals surface area contributed by atoms with Crippen molar-refractivity contribution in [3.63, 3.8) is 0 Å². The monoisotopic (exact) mass is 304 g/mol. The van der Waals surface area contributed by atoms with E-state index in [9.17, 15) is 4.79 Å². The summed E-state index contributed by atoms with van der Waals surface area (Å²) in [5.41, 5.74) is 4.02. The van der Waals surface area contributed by atoms with E-state index in [4.69, 9.17) is 4.99 Å². The number of carbonyl (C=O) groups excluding carboxylic acids is 1. The second-order valence-electron chi connectivity index (χ2n) is 5.57. The molecule has 0 atom stereocenters. The molecule has 0 saturated heterocycles. The Morgan fingerprint density at radius 1 is 1.00 bits per heavy atom. The first-order chi connectivity index (χ1) is 11.2. The quantitative estimate of drug-likeness (QED) is 0.810. The Labute approximate surface area is 134 Å². The topological polar surface area (TPSA) is 48.3 Å². The Kier molecular flexibility index (Phi) is 3.19. The van der Waals surface area contributed by atoms with Gasteiger partial charge in [-0.1, -0.05) is 48.5 Å². The van der Waals surface area contributed by atoms with Crippen LogP contribution in [0.4, 0.5) is 5.69 Å².